The van der Waals surface area contributed by atoms with Crippen molar-refractivity contribution >= 4 is 0 Å². The maximum Gasteiger partial charge on any atom is 0.573 e. The number of hydrogen-bond acceptors (Lipinski definition) is 4. The monoisotopic (exact) mass is 264 g/mol. The lowest BCUT2D eigenvalue weighted by atomic mass is 10.1. The van der Waals surface area contributed by atoms with E-state index < -0.39 is 18.8 Å². The van der Waals surface area contributed by atoms with Gasteiger partial charge in [-0.15, -0.1) is 13.2 Å². The lowest BCUT2D eigenvalue weighted by molar-refractivity contribution is -0.275. The highest BCUT2D eigenvalue weighted by Crippen LogP contribution is 2.32. The average Bonchev–Trinajstić information content (AvgIpc) is 2.28. The minimum Gasteiger partial charge on any atom is -0.481 e. The molecular weight excluding hydrogens is 256 g/mol. The number of pyridine rings is 1. The summed E-state index contributed by atoms with van der Waals surface area (Å²) in [6.45, 7) is -1.22. The van der Waals surface area contributed by atoms with Gasteiger partial charge in [-0.1, -0.05) is 0 Å². The molecule has 0 aliphatic carbocycles. The lowest BCUT2D eigenvalue weighted by Crippen LogP contribution is -2.19. The van der Waals surface area contributed by atoms with Gasteiger partial charge in [0.2, 0.25) is 5.88 Å². The fourth-order valence-corrected chi connectivity index (χ4v) is 1.35. The van der Waals surface area contributed by atoms with E-state index in [0.29, 0.717) is 6.20 Å². The van der Waals surface area contributed by atoms with E-state index in [1.165, 1.54) is 7.11 Å². The molecule has 4 nitrogen and oxygen atoms in total. The molecule has 0 aromatic carbocycles. The van der Waals surface area contributed by atoms with Gasteiger partial charge in [-0.05, 0) is 0 Å². The van der Waals surface area contributed by atoms with Crippen LogP contribution >= 0.6 is 0 Å². The van der Waals surface area contributed by atoms with Crippen LogP contribution in [-0.2, 0) is 13.1 Å². The van der Waals surface area contributed by atoms with Crippen LogP contribution in [0.4, 0.5) is 17.6 Å². The molecule has 8 heteroatoms. The number of hydrogen-bond donors (Lipinski definition) is 0. The molecule has 1 aromatic heterocycles. The fraction of sp³-hybridized carbons (Fsp3) is 0.400. The van der Waals surface area contributed by atoms with Crippen LogP contribution in [0.1, 0.15) is 11.1 Å². The summed E-state index contributed by atoms with van der Waals surface area (Å²) < 4.78 is 57.5. The van der Waals surface area contributed by atoms with Gasteiger partial charge in [-0.2, -0.15) is 5.26 Å². The molecule has 0 atom stereocenters. The number of methoxy groups -OCH3 is 1. The van der Waals surface area contributed by atoms with Crippen LogP contribution < -0.4 is 9.47 Å². The van der Waals surface area contributed by atoms with Gasteiger partial charge in [0.1, 0.15) is 6.67 Å². The number of halogens is 4. The van der Waals surface area contributed by atoms with Gasteiger partial charge in [0.05, 0.1) is 25.8 Å². The van der Waals surface area contributed by atoms with Crippen LogP contribution in [0.15, 0.2) is 6.20 Å². The topological polar surface area (TPSA) is 55.1 Å². The Hall–Kier alpha value is -2.04. The normalized spacial score (nSPS) is 10.9. The molecule has 0 spiro atoms. The summed E-state index contributed by atoms with van der Waals surface area (Å²) in [5, 5.41) is 8.56. The molecule has 0 fully saturated rings. The van der Waals surface area contributed by atoms with E-state index in [4.69, 9.17) is 10.00 Å². The Kier molecular flexibility index (Phi) is 4.31. The average molecular weight is 264 g/mol. The van der Waals surface area contributed by atoms with E-state index in [9.17, 15) is 17.6 Å². The summed E-state index contributed by atoms with van der Waals surface area (Å²) in [5.74, 6) is -0.866. The highest BCUT2D eigenvalue weighted by atomic mass is 19.4. The number of aromatic nitrogens is 1. The van der Waals surface area contributed by atoms with E-state index in [-0.39, 0.29) is 23.4 Å². The molecule has 0 radical (unpaired) electrons. The van der Waals surface area contributed by atoms with Crippen molar-refractivity contribution < 1.29 is 27.0 Å². The summed E-state index contributed by atoms with van der Waals surface area (Å²) in [6, 6.07) is 1.70. The minimum absolute atomic E-state index is 0.0516. The quantitative estimate of drug-likeness (QED) is 0.784. The number of nitriles is 1. The first-order valence-corrected chi connectivity index (χ1v) is 4.66. The van der Waals surface area contributed by atoms with Crippen LogP contribution in [0.2, 0.25) is 0 Å². The number of rotatable bonds is 4. The summed E-state index contributed by atoms with van der Waals surface area (Å²) in [5.41, 5.74) is -0.440. The first kappa shape index (κ1) is 14.0. The van der Waals surface area contributed by atoms with Crippen molar-refractivity contribution in [3.63, 3.8) is 0 Å². The summed E-state index contributed by atoms with van der Waals surface area (Å²) in [4.78, 5) is 3.54. The van der Waals surface area contributed by atoms with E-state index in [1.807, 2.05) is 0 Å². The van der Waals surface area contributed by atoms with Crippen molar-refractivity contribution in [2.45, 2.75) is 19.5 Å². The van der Waals surface area contributed by atoms with Crippen molar-refractivity contribution in [2.75, 3.05) is 7.11 Å². The highest BCUT2D eigenvalue weighted by molar-refractivity contribution is 5.45. The summed E-state index contributed by atoms with van der Waals surface area (Å²) in [7, 11) is 1.22. The Labute approximate surface area is 99.8 Å². The maximum atomic E-state index is 12.8. The van der Waals surface area contributed by atoms with E-state index in [1.54, 1.807) is 6.07 Å². The third-order valence-corrected chi connectivity index (χ3v) is 2.03. The van der Waals surface area contributed by atoms with Gasteiger partial charge in [-0.3, -0.25) is 0 Å². The molecule has 0 unspecified atom stereocenters. The third-order valence-electron chi connectivity index (χ3n) is 2.03. The molecule has 0 saturated carbocycles. The number of nitrogens with zero attached hydrogens (tertiary/aromatic N) is 2. The van der Waals surface area contributed by atoms with Crippen LogP contribution in [0.25, 0.3) is 0 Å². The second-order valence-electron chi connectivity index (χ2n) is 3.11. The van der Waals surface area contributed by atoms with E-state index in [2.05, 4.69) is 9.72 Å². The molecule has 1 heterocycles. The van der Waals surface area contributed by atoms with Crippen LogP contribution in [-0.4, -0.2) is 18.5 Å². The predicted octanol–water partition coefficient (Wildman–Crippen LogP) is 2.52. The molecule has 0 saturated heterocycles. The molecule has 1 aromatic rings. The zero-order valence-corrected chi connectivity index (χ0v) is 9.21. The van der Waals surface area contributed by atoms with Gasteiger partial charge in [0.25, 0.3) is 0 Å². The van der Waals surface area contributed by atoms with E-state index in [0.717, 1.165) is 0 Å². The molecule has 0 aliphatic heterocycles. The summed E-state index contributed by atoms with van der Waals surface area (Å²) in [6.07, 6.45) is -4.57. The van der Waals surface area contributed by atoms with Gasteiger partial charge < -0.3 is 9.47 Å². The molecule has 0 bridgehead atoms. The van der Waals surface area contributed by atoms with Gasteiger partial charge in [0.15, 0.2) is 5.75 Å². The SMILES string of the molecule is COc1ncc(OC(F)(F)F)c(CF)c1CC#N. The van der Waals surface area contributed by atoms with Crippen LogP contribution in [0.5, 0.6) is 11.6 Å². The first-order chi connectivity index (χ1) is 8.42. The zero-order valence-electron chi connectivity index (χ0n) is 9.21. The molecule has 0 amide bonds. The molecule has 98 valence electrons. The van der Waals surface area contributed by atoms with Crippen molar-refractivity contribution in [1.82, 2.24) is 4.98 Å². The van der Waals surface area contributed by atoms with Crippen molar-refractivity contribution in [3.05, 3.63) is 17.3 Å². The van der Waals surface area contributed by atoms with Gasteiger partial charge >= 0.3 is 6.36 Å². The number of alkyl halides is 4. The Morgan fingerprint density at radius 2 is 2.06 bits per heavy atom. The van der Waals surface area contributed by atoms with Gasteiger partial charge in [0, 0.05) is 11.1 Å². The Bertz CT molecular complexity index is 468. The number of ether oxygens (including phenoxy) is 2. The standard InChI is InChI=1S/C10H8F4N2O2/c1-17-9-6(2-3-15)7(4-11)8(5-16-9)18-10(12,13)14/h5H,2,4H2,1H3. The maximum absolute atomic E-state index is 12.8. The van der Waals surface area contributed by atoms with Gasteiger partial charge in [-0.25, -0.2) is 9.37 Å². The zero-order chi connectivity index (χ0) is 13.8. The Balaban J connectivity index is 3.29. The predicted molar refractivity (Wildman–Crippen MR) is 51.6 cm³/mol. The molecule has 0 aliphatic rings. The van der Waals surface area contributed by atoms with E-state index >= 15 is 0 Å². The molecule has 1 rings (SSSR count). The van der Waals surface area contributed by atoms with Crippen LogP contribution in [0.3, 0.4) is 0 Å². The Morgan fingerprint density at radius 1 is 1.39 bits per heavy atom. The minimum atomic E-state index is -4.95. The Morgan fingerprint density at radius 3 is 2.50 bits per heavy atom. The molecule has 18 heavy (non-hydrogen) atoms. The smallest absolute Gasteiger partial charge is 0.481 e. The molecular formula is C10H8F4N2O2. The highest BCUT2D eigenvalue weighted by Gasteiger charge is 2.33. The lowest BCUT2D eigenvalue weighted by Gasteiger charge is -2.15. The summed E-state index contributed by atoms with van der Waals surface area (Å²) >= 11 is 0. The van der Waals surface area contributed by atoms with Crippen molar-refractivity contribution in [1.29, 1.82) is 5.26 Å². The second kappa shape index (κ2) is 5.53. The third kappa shape index (κ3) is 3.23. The first-order valence-electron chi connectivity index (χ1n) is 4.66. The van der Waals surface area contributed by atoms with Crippen molar-refractivity contribution in [3.8, 4) is 17.7 Å². The fourth-order valence-electron chi connectivity index (χ4n) is 1.35. The van der Waals surface area contributed by atoms with Crippen molar-refractivity contribution in [2.24, 2.45) is 0 Å². The molecule has 0 N–H and O–H groups in total. The van der Waals surface area contributed by atoms with Crippen LogP contribution in [0, 0.1) is 11.3 Å². The largest absolute Gasteiger partial charge is 0.573 e. The second-order valence-corrected chi connectivity index (χ2v) is 3.11.